The molecule has 0 saturated carbocycles. The zero-order valence-corrected chi connectivity index (χ0v) is 23.7. The third-order valence-electron chi connectivity index (χ3n) is 7.57. The first-order valence-electron chi connectivity index (χ1n) is 13.6. The average Bonchev–Trinajstić information content (AvgIpc) is 2.94. The lowest BCUT2D eigenvalue weighted by molar-refractivity contribution is -0.128. The standard InChI is InChI=1S/C31H32F2N6O2/c1-7-25(40)37-15-20(6)38(16-19(37)5)29-22-14-24(33)27(21-10-8-9-11-23(21)32)35-30(22)39(31(41)36-29)28-18(4)12-13-34-26(28)17(2)3/h7-14,17,19-20H,1,15-16H2,2-6H3/t19-,20+/m1/s1. The van der Waals surface area contributed by atoms with E-state index in [-0.39, 0.29) is 46.6 Å². The highest BCUT2D eigenvalue weighted by Gasteiger charge is 2.34. The summed E-state index contributed by atoms with van der Waals surface area (Å²) in [4.78, 5) is 43.6. The predicted octanol–water partition coefficient (Wildman–Crippen LogP) is 5.16. The number of aromatic nitrogens is 4. The Bertz CT molecular complexity index is 1730. The summed E-state index contributed by atoms with van der Waals surface area (Å²) in [5.41, 5.74) is 1.22. The van der Waals surface area contributed by atoms with Crippen molar-refractivity contribution in [3.63, 3.8) is 0 Å². The highest BCUT2D eigenvalue weighted by Crippen LogP contribution is 2.34. The largest absolute Gasteiger partial charge is 0.355 e. The van der Waals surface area contributed by atoms with Crippen molar-refractivity contribution in [1.29, 1.82) is 0 Å². The van der Waals surface area contributed by atoms with Crippen LogP contribution in [0.3, 0.4) is 0 Å². The maximum Gasteiger partial charge on any atom is 0.355 e. The van der Waals surface area contributed by atoms with E-state index in [1.807, 2.05) is 39.5 Å². The molecule has 41 heavy (non-hydrogen) atoms. The number of halogens is 2. The number of carbonyl (C=O) groups is 1. The molecule has 10 heteroatoms. The van der Waals surface area contributed by atoms with E-state index in [4.69, 9.17) is 0 Å². The molecule has 4 heterocycles. The number of piperazine rings is 1. The molecule has 0 radical (unpaired) electrons. The van der Waals surface area contributed by atoms with Crippen LogP contribution in [0.5, 0.6) is 0 Å². The second-order valence-electron chi connectivity index (χ2n) is 10.8. The molecule has 5 rings (SSSR count). The number of hydrogen-bond acceptors (Lipinski definition) is 6. The Balaban J connectivity index is 1.83. The number of hydrogen-bond donors (Lipinski definition) is 0. The van der Waals surface area contributed by atoms with Crippen LogP contribution < -0.4 is 10.6 Å². The van der Waals surface area contributed by atoms with Crippen LogP contribution in [0, 0.1) is 18.6 Å². The zero-order valence-electron chi connectivity index (χ0n) is 23.7. The summed E-state index contributed by atoms with van der Waals surface area (Å²) >= 11 is 0. The molecule has 0 bridgehead atoms. The average molecular weight is 559 g/mol. The number of nitrogens with zero attached hydrogens (tertiary/aromatic N) is 6. The van der Waals surface area contributed by atoms with Crippen molar-refractivity contribution < 1.29 is 13.6 Å². The first kappa shape index (κ1) is 28.1. The van der Waals surface area contributed by atoms with Crippen LogP contribution in [0.2, 0.25) is 0 Å². The Kier molecular flexibility index (Phi) is 7.42. The third-order valence-corrected chi connectivity index (χ3v) is 7.57. The summed E-state index contributed by atoms with van der Waals surface area (Å²) < 4.78 is 32.0. The highest BCUT2D eigenvalue weighted by atomic mass is 19.1. The number of amides is 1. The molecule has 1 saturated heterocycles. The van der Waals surface area contributed by atoms with Crippen molar-refractivity contribution in [1.82, 2.24) is 24.4 Å². The maximum absolute atomic E-state index is 15.8. The van der Waals surface area contributed by atoms with Gasteiger partial charge in [-0.1, -0.05) is 32.6 Å². The Morgan fingerprint density at radius 2 is 1.80 bits per heavy atom. The lowest BCUT2D eigenvalue weighted by Gasteiger charge is -2.44. The topological polar surface area (TPSA) is 84.2 Å². The normalized spacial score (nSPS) is 17.4. The monoisotopic (exact) mass is 558 g/mol. The first-order chi connectivity index (χ1) is 19.5. The van der Waals surface area contributed by atoms with Crippen molar-refractivity contribution in [2.45, 2.75) is 52.6 Å². The molecule has 0 unspecified atom stereocenters. The van der Waals surface area contributed by atoms with Crippen molar-refractivity contribution in [3.8, 4) is 16.9 Å². The number of rotatable bonds is 5. The molecule has 8 nitrogen and oxygen atoms in total. The molecule has 3 aromatic heterocycles. The first-order valence-corrected chi connectivity index (χ1v) is 13.6. The fourth-order valence-electron chi connectivity index (χ4n) is 5.50. The summed E-state index contributed by atoms with van der Waals surface area (Å²) in [6.07, 6.45) is 2.95. The van der Waals surface area contributed by atoms with Gasteiger partial charge in [0, 0.05) is 36.9 Å². The Hall–Kier alpha value is -4.47. The number of anilines is 1. The molecule has 4 aromatic rings. The van der Waals surface area contributed by atoms with Crippen LogP contribution in [0.15, 0.2) is 60.0 Å². The van der Waals surface area contributed by atoms with Gasteiger partial charge in [-0.25, -0.2) is 23.1 Å². The summed E-state index contributed by atoms with van der Waals surface area (Å²) in [6, 6.07) is 8.39. The van der Waals surface area contributed by atoms with Crippen LogP contribution >= 0.6 is 0 Å². The third kappa shape index (κ3) is 4.87. The van der Waals surface area contributed by atoms with Crippen molar-refractivity contribution in [2.24, 2.45) is 0 Å². The zero-order chi connectivity index (χ0) is 29.6. The molecule has 1 aliphatic rings. The van der Waals surface area contributed by atoms with Gasteiger partial charge in [-0.3, -0.25) is 9.78 Å². The molecule has 1 fully saturated rings. The summed E-state index contributed by atoms with van der Waals surface area (Å²) in [6.45, 7) is 13.9. The lowest BCUT2D eigenvalue weighted by atomic mass is 10.0. The molecular weight excluding hydrogens is 526 g/mol. The van der Waals surface area contributed by atoms with Crippen LogP contribution in [0.1, 0.15) is 44.9 Å². The van der Waals surface area contributed by atoms with E-state index in [1.54, 1.807) is 23.2 Å². The SMILES string of the molecule is C=CC(=O)N1C[C@H](C)N(c2nc(=O)n(-c3c(C)ccnc3C(C)C)c3nc(-c4ccccc4F)c(F)cc23)C[C@H]1C. The van der Waals surface area contributed by atoms with Gasteiger partial charge in [-0.2, -0.15) is 4.98 Å². The minimum Gasteiger partial charge on any atom is -0.349 e. The van der Waals surface area contributed by atoms with Gasteiger partial charge in [0.25, 0.3) is 0 Å². The van der Waals surface area contributed by atoms with Crippen LogP contribution in [0.25, 0.3) is 28.0 Å². The van der Waals surface area contributed by atoms with Gasteiger partial charge in [0.05, 0.1) is 16.8 Å². The smallest absolute Gasteiger partial charge is 0.349 e. The summed E-state index contributed by atoms with van der Waals surface area (Å²) in [5.74, 6) is -1.36. The van der Waals surface area contributed by atoms with E-state index in [0.29, 0.717) is 29.9 Å². The van der Waals surface area contributed by atoms with E-state index in [1.165, 1.54) is 34.9 Å². The Morgan fingerprint density at radius 3 is 2.49 bits per heavy atom. The van der Waals surface area contributed by atoms with Crippen LogP contribution in [0.4, 0.5) is 14.6 Å². The Morgan fingerprint density at radius 1 is 1.07 bits per heavy atom. The van der Waals surface area contributed by atoms with Crippen molar-refractivity contribution >= 4 is 22.8 Å². The van der Waals surface area contributed by atoms with Gasteiger partial charge in [-0.05, 0) is 62.6 Å². The van der Waals surface area contributed by atoms with Gasteiger partial charge < -0.3 is 9.80 Å². The molecule has 1 aliphatic heterocycles. The second kappa shape index (κ2) is 10.8. The quantitative estimate of drug-likeness (QED) is 0.315. The molecule has 0 N–H and O–H groups in total. The fraction of sp³-hybridized carbons (Fsp3) is 0.323. The van der Waals surface area contributed by atoms with E-state index in [2.05, 4.69) is 21.5 Å². The number of carbonyl (C=O) groups excluding carboxylic acids is 1. The van der Waals surface area contributed by atoms with Gasteiger partial charge >= 0.3 is 5.69 Å². The van der Waals surface area contributed by atoms with Gasteiger partial charge in [-0.15, -0.1) is 0 Å². The van der Waals surface area contributed by atoms with Crippen LogP contribution in [-0.2, 0) is 4.79 Å². The van der Waals surface area contributed by atoms with Crippen molar-refractivity contribution in [2.75, 3.05) is 18.0 Å². The van der Waals surface area contributed by atoms with E-state index < -0.39 is 17.3 Å². The molecule has 2 atom stereocenters. The molecule has 212 valence electrons. The molecule has 0 spiro atoms. The van der Waals surface area contributed by atoms with Gasteiger partial charge in [0.15, 0.2) is 5.65 Å². The van der Waals surface area contributed by atoms with Crippen LogP contribution in [-0.4, -0.2) is 55.5 Å². The molecule has 1 amide bonds. The minimum atomic E-state index is -0.746. The summed E-state index contributed by atoms with van der Waals surface area (Å²) in [7, 11) is 0. The maximum atomic E-state index is 15.8. The second-order valence-corrected chi connectivity index (χ2v) is 10.8. The number of aryl methyl sites for hydroxylation is 1. The molecular formula is C31H32F2N6O2. The van der Waals surface area contributed by atoms with E-state index in [0.717, 1.165) is 5.56 Å². The summed E-state index contributed by atoms with van der Waals surface area (Å²) in [5, 5.41) is 0.294. The van der Waals surface area contributed by atoms with Gasteiger partial charge in [0.2, 0.25) is 5.91 Å². The highest BCUT2D eigenvalue weighted by molar-refractivity contribution is 5.91. The van der Waals surface area contributed by atoms with Crippen molar-refractivity contribution in [3.05, 3.63) is 88.6 Å². The number of benzene rings is 1. The minimum absolute atomic E-state index is 0.0187. The lowest BCUT2D eigenvalue weighted by Crippen LogP contribution is -2.58. The molecule has 1 aromatic carbocycles. The Labute approximate surface area is 237 Å². The van der Waals surface area contributed by atoms with Gasteiger partial charge in [0.1, 0.15) is 23.1 Å². The fourth-order valence-corrected chi connectivity index (χ4v) is 5.50. The molecule has 0 aliphatic carbocycles. The number of pyridine rings is 2. The van der Waals surface area contributed by atoms with E-state index >= 15 is 4.39 Å². The number of fused-ring (bicyclic) bond motifs is 1. The van der Waals surface area contributed by atoms with E-state index in [9.17, 15) is 14.0 Å². The predicted molar refractivity (Wildman–Crippen MR) is 155 cm³/mol.